The summed E-state index contributed by atoms with van der Waals surface area (Å²) in [6, 6.07) is 13.6. The zero-order valence-electron chi connectivity index (χ0n) is 16.4. The van der Waals surface area contributed by atoms with E-state index in [2.05, 4.69) is 4.90 Å². The van der Waals surface area contributed by atoms with Gasteiger partial charge in [0.1, 0.15) is 11.6 Å². The van der Waals surface area contributed by atoms with Crippen molar-refractivity contribution in [3.8, 4) is 5.75 Å². The maximum Gasteiger partial charge on any atom is 0.217 e. The lowest BCUT2D eigenvalue weighted by Crippen LogP contribution is -2.43. The first kappa shape index (κ1) is 21.0. The molecule has 154 valence electrons. The molecule has 2 aromatic rings. The summed E-state index contributed by atoms with van der Waals surface area (Å²) in [5.74, 6) is 0.520. The van der Waals surface area contributed by atoms with Crippen molar-refractivity contribution in [1.29, 1.82) is 5.41 Å². The molecule has 1 amide bonds. The number of nitrogen functional groups attached to an aromatic ring is 1. The highest BCUT2D eigenvalue weighted by atomic mass is 32.2. The SMILES string of the molecule is CN1c2ccc(OCCCC(N)=O)cc2SC1C(N)Cc1cccc(C(=N)N)c1. The van der Waals surface area contributed by atoms with Gasteiger partial charge in [-0.05, 0) is 42.7 Å². The molecule has 0 aliphatic carbocycles. The molecule has 29 heavy (non-hydrogen) atoms. The Bertz CT molecular complexity index is 904. The molecule has 2 unspecified atom stereocenters. The summed E-state index contributed by atoms with van der Waals surface area (Å²) >= 11 is 1.72. The normalized spacial score (nSPS) is 16.3. The van der Waals surface area contributed by atoms with Crippen LogP contribution >= 0.6 is 11.8 Å². The number of ether oxygens (including phenoxy) is 1. The van der Waals surface area contributed by atoms with Crippen LogP contribution in [0.1, 0.15) is 24.0 Å². The van der Waals surface area contributed by atoms with Crippen LogP contribution in [0.25, 0.3) is 0 Å². The van der Waals surface area contributed by atoms with Crippen LogP contribution < -0.4 is 26.8 Å². The van der Waals surface area contributed by atoms with Gasteiger partial charge in [-0.2, -0.15) is 0 Å². The molecule has 0 bridgehead atoms. The number of thioether (sulfide) groups is 1. The fourth-order valence-corrected chi connectivity index (χ4v) is 4.69. The van der Waals surface area contributed by atoms with Crippen LogP contribution in [-0.4, -0.2) is 36.8 Å². The van der Waals surface area contributed by atoms with Gasteiger partial charge in [0.25, 0.3) is 0 Å². The van der Waals surface area contributed by atoms with Crippen LogP contribution in [0.3, 0.4) is 0 Å². The van der Waals surface area contributed by atoms with E-state index >= 15 is 0 Å². The molecule has 2 atom stereocenters. The number of carbonyl (C=O) groups is 1. The van der Waals surface area contributed by atoms with Crippen molar-refractivity contribution in [3.63, 3.8) is 0 Å². The molecule has 0 radical (unpaired) electrons. The van der Waals surface area contributed by atoms with Crippen LogP contribution in [0.5, 0.6) is 5.75 Å². The van der Waals surface area contributed by atoms with Gasteiger partial charge in [0, 0.05) is 30.0 Å². The number of nitrogens with two attached hydrogens (primary N) is 3. The first-order valence-corrected chi connectivity index (χ1v) is 10.4. The number of benzene rings is 2. The van der Waals surface area contributed by atoms with Crippen molar-refractivity contribution < 1.29 is 9.53 Å². The molecular weight excluding hydrogens is 386 g/mol. The number of amides is 1. The van der Waals surface area contributed by atoms with E-state index < -0.39 is 0 Å². The molecule has 3 rings (SSSR count). The average Bonchev–Trinajstić information content (AvgIpc) is 3.01. The summed E-state index contributed by atoms with van der Waals surface area (Å²) < 4.78 is 5.74. The second kappa shape index (κ2) is 9.19. The van der Waals surface area contributed by atoms with Crippen molar-refractivity contribution in [3.05, 3.63) is 53.6 Å². The van der Waals surface area contributed by atoms with Crippen molar-refractivity contribution in [2.24, 2.45) is 17.2 Å². The number of nitrogens with zero attached hydrogens (tertiary/aromatic N) is 1. The van der Waals surface area contributed by atoms with E-state index in [9.17, 15) is 4.79 Å². The molecule has 1 heterocycles. The smallest absolute Gasteiger partial charge is 0.217 e. The molecule has 7 nitrogen and oxygen atoms in total. The highest BCUT2D eigenvalue weighted by Crippen LogP contribution is 2.45. The minimum atomic E-state index is -0.314. The van der Waals surface area contributed by atoms with E-state index in [1.54, 1.807) is 11.8 Å². The number of primary amides is 1. The van der Waals surface area contributed by atoms with Gasteiger partial charge < -0.3 is 26.8 Å². The minimum Gasteiger partial charge on any atom is -0.494 e. The Morgan fingerprint density at radius 1 is 1.28 bits per heavy atom. The molecule has 0 saturated carbocycles. The number of hydrogen-bond acceptors (Lipinski definition) is 6. The van der Waals surface area contributed by atoms with Crippen LogP contribution in [0.2, 0.25) is 0 Å². The molecule has 7 N–H and O–H groups in total. The molecule has 0 fully saturated rings. The lowest BCUT2D eigenvalue weighted by Gasteiger charge is -2.27. The van der Waals surface area contributed by atoms with Crippen molar-refractivity contribution in [1.82, 2.24) is 0 Å². The second-order valence-electron chi connectivity index (χ2n) is 7.15. The molecule has 0 spiro atoms. The van der Waals surface area contributed by atoms with Crippen molar-refractivity contribution >= 4 is 29.2 Å². The monoisotopic (exact) mass is 413 g/mol. The minimum absolute atomic E-state index is 0.0588. The number of likely N-dealkylation sites (N-methyl/N-ethyl adjacent to an activating group) is 1. The predicted octanol–water partition coefficient (Wildman–Crippen LogP) is 2.05. The molecule has 0 aromatic heterocycles. The van der Waals surface area contributed by atoms with Crippen LogP contribution in [-0.2, 0) is 11.2 Å². The molecule has 1 aliphatic heterocycles. The number of hydrogen-bond donors (Lipinski definition) is 4. The summed E-state index contributed by atoms with van der Waals surface area (Å²) in [4.78, 5) is 14.1. The number of rotatable bonds is 9. The lowest BCUT2D eigenvalue weighted by molar-refractivity contribution is -0.118. The third-order valence-corrected chi connectivity index (χ3v) is 6.34. The standard InChI is InChI=1S/C21H27N5O2S/c1-26-17-8-7-15(28-9-3-6-19(23)27)12-18(17)29-21(26)16(22)11-13-4-2-5-14(10-13)20(24)25/h2,4-5,7-8,10,12,16,21H,3,6,9,11,22H2,1H3,(H2,23,27)(H3,24,25). The Morgan fingerprint density at radius 3 is 2.79 bits per heavy atom. The number of fused-ring (bicyclic) bond motifs is 1. The third kappa shape index (κ3) is 5.21. The van der Waals surface area contributed by atoms with E-state index in [0.717, 1.165) is 21.9 Å². The highest BCUT2D eigenvalue weighted by Gasteiger charge is 2.32. The van der Waals surface area contributed by atoms with Gasteiger partial charge >= 0.3 is 0 Å². The first-order chi connectivity index (χ1) is 13.8. The third-order valence-electron chi connectivity index (χ3n) is 4.85. The zero-order chi connectivity index (χ0) is 21.0. The van der Waals surface area contributed by atoms with Crippen LogP contribution in [0.4, 0.5) is 5.69 Å². The summed E-state index contributed by atoms with van der Waals surface area (Å²) in [6.45, 7) is 0.456. The van der Waals surface area contributed by atoms with Gasteiger partial charge in [0.15, 0.2) is 0 Å². The Kier molecular flexibility index (Phi) is 6.66. The van der Waals surface area contributed by atoms with Gasteiger partial charge in [-0.1, -0.05) is 30.0 Å². The van der Waals surface area contributed by atoms with E-state index in [0.29, 0.717) is 31.4 Å². The summed E-state index contributed by atoms with van der Waals surface area (Å²) in [6.07, 6.45) is 1.62. The lowest BCUT2D eigenvalue weighted by atomic mass is 10.0. The number of nitrogens with one attached hydrogen (secondary N) is 1. The quantitative estimate of drug-likeness (QED) is 0.283. The topological polar surface area (TPSA) is 131 Å². The summed E-state index contributed by atoms with van der Waals surface area (Å²) in [5, 5.41) is 7.70. The molecule has 2 aromatic carbocycles. The van der Waals surface area contributed by atoms with Gasteiger partial charge in [-0.3, -0.25) is 10.2 Å². The molecule has 1 aliphatic rings. The van der Waals surface area contributed by atoms with Crippen LogP contribution in [0.15, 0.2) is 47.4 Å². The Labute approximate surface area is 175 Å². The second-order valence-corrected chi connectivity index (χ2v) is 8.31. The maximum absolute atomic E-state index is 10.8. The first-order valence-electron chi connectivity index (χ1n) is 9.48. The molecule has 0 saturated heterocycles. The fraction of sp³-hybridized carbons (Fsp3) is 0.333. The number of carbonyl (C=O) groups excluding carboxylic acids is 1. The van der Waals surface area contributed by atoms with Crippen molar-refractivity contribution in [2.75, 3.05) is 18.6 Å². The highest BCUT2D eigenvalue weighted by molar-refractivity contribution is 8.00. The maximum atomic E-state index is 10.8. The van der Waals surface area contributed by atoms with Gasteiger partial charge in [0.05, 0.1) is 17.7 Å². The van der Waals surface area contributed by atoms with E-state index in [-0.39, 0.29) is 23.2 Å². The summed E-state index contributed by atoms with van der Waals surface area (Å²) in [7, 11) is 2.04. The van der Waals surface area contributed by atoms with E-state index in [4.69, 9.17) is 27.3 Å². The largest absolute Gasteiger partial charge is 0.494 e. The number of anilines is 1. The fourth-order valence-electron chi connectivity index (χ4n) is 3.37. The van der Waals surface area contributed by atoms with Crippen molar-refractivity contribution in [2.45, 2.75) is 35.6 Å². The summed E-state index contributed by atoms with van der Waals surface area (Å²) in [5.41, 5.74) is 20.2. The Morgan fingerprint density at radius 2 is 2.07 bits per heavy atom. The van der Waals surface area contributed by atoms with Crippen LogP contribution in [0, 0.1) is 5.41 Å². The molecular formula is C21H27N5O2S. The molecule has 8 heteroatoms. The van der Waals surface area contributed by atoms with Gasteiger partial charge in [0.2, 0.25) is 5.91 Å². The van der Waals surface area contributed by atoms with E-state index in [1.165, 1.54) is 0 Å². The Hall–Kier alpha value is -2.71. The Balaban J connectivity index is 1.63. The van der Waals surface area contributed by atoms with E-state index in [1.807, 2.05) is 49.5 Å². The van der Waals surface area contributed by atoms with Gasteiger partial charge in [-0.25, -0.2) is 0 Å². The van der Waals surface area contributed by atoms with Gasteiger partial charge in [-0.15, -0.1) is 0 Å². The average molecular weight is 414 g/mol. The zero-order valence-corrected chi connectivity index (χ0v) is 17.2. The number of amidine groups is 1. The predicted molar refractivity (Wildman–Crippen MR) is 118 cm³/mol.